The number of nitrogens with one attached hydrogen (secondary N) is 2. The van der Waals surface area contributed by atoms with Crippen molar-refractivity contribution in [3.63, 3.8) is 0 Å². The number of aryl methyl sites for hydroxylation is 1. The van der Waals surface area contributed by atoms with E-state index in [9.17, 15) is 13.2 Å². The number of carbonyl (C=O) groups is 1. The van der Waals surface area contributed by atoms with Gasteiger partial charge in [0.05, 0.1) is 21.5 Å². The molecule has 0 unspecified atom stereocenters. The fourth-order valence-corrected chi connectivity index (χ4v) is 4.62. The lowest BCUT2D eigenvalue weighted by molar-refractivity contribution is 0.0932. The van der Waals surface area contributed by atoms with E-state index in [0.29, 0.717) is 5.92 Å². The van der Waals surface area contributed by atoms with Gasteiger partial charge in [0, 0.05) is 5.69 Å². The minimum Gasteiger partial charge on any atom is -0.345 e. The fraction of sp³-hybridized carbons (Fsp3) is 0.240. The van der Waals surface area contributed by atoms with E-state index in [4.69, 9.17) is 11.6 Å². The zero-order valence-corrected chi connectivity index (χ0v) is 19.9. The third kappa shape index (κ3) is 6.11. The molecular formula is C25H27ClN2O3S. The van der Waals surface area contributed by atoms with E-state index in [1.54, 1.807) is 12.1 Å². The molecule has 0 heterocycles. The molecule has 0 aliphatic carbocycles. The summed E-state index contributed by atoms with van der Waals surface area (Å²) in [6.45, 7) is 6.07. The molecule has 1 atom stereocenters. The number of rotatable bonds is 8. The summed E-state index contributed by atoms with van der Waals surface area (Å²) in [5.74, 6) is 0.00418. The Morgan fingerprint density at radius 1 is 0.969 bits per heavy atom. The fourth-order valence-electron chi connectivity index (χ4n) is 3.37. The van der Waals surface area contributed by atoms with Gasteiger partial charge in [-0.05, 0) is 55.2 Å². The maximum absolute atomic E-state index is 13.1. The highest BCUT2D eigenvalue weighted by Crippen LogP contribution is 2.26. The van der Waals surface area contributed by atoms with Gasteiger partial charge in [0.15, 0.2) is 0 Å². The van der Waals surface area contributed by atoms with Crippen molar-refractivity contribution in [2.75, 3.05) is 4.72 Å². The van der Waals surface area contributed by atoms with Crippen molar-refractivity contribution < 1.29 is 13.2 Å². The zero-order chi connectivity index (χ0) is 23.3. The van der Waals surface area contributed by atoms with Gasteiger partial charge in [0.25, 0.3) is 15.9 Å². The van der Waals surface area contributed by atoms with Gasteiger partial charge in [0.2, 0.25) is 0 Å². The predicted molar refractivity (Wildman–Crippen MR) is 130 cm³/mol. The summed E-state index contributed by atoms with van der Waals surface area (Å²) in [6, 6.07) is 20.6. The largest absolute Gasteiger partial charge is 0.345 e. The second-order valence-electron chi connectivity index (χ2n) is 8.18. The van der Waals surface area contributed by atoms with Crippen LogP contribution in [-0.4, -0.2) is 14.3 Å². The van der Waals surface area contributed by atoms with Gasteiger partial charge >= 0.3 is 0 Å². The van der Waals surface area contributed by atoms with Gasteiger partial charge in [-0.3, -0.25) is 9.52 Å². The Morgan fingerprint density at radius 2 is 1.62 bits per heavy atom. The first-order chi connectivity index (χ1) is 15.2. The van der Waals surface area contributed by atoms with Crippen molar-refractivity contribution >= 4 is 33.2 Å². The normalized spacial score (nSPS) is 12.4. The third-order valence-electron chi connectivity index (χ3n) is 5.01. The van der Waals surface area contributed by atoms with Crippen LogP contribution in [0.25, 0.3) is 0 Å². The molecular weight excluding hydrogens is 444 g/mol. The molecule has 3 rings (SSSR count). The zero-order valence-electron chi connectivity index (χ0n) is 18.3. The van der Waals surface area contributed by atoms with Crippen LogP contribution in [0.1, 0.15) is 47.8 Å². The van der Waals surface area contributed by atoms with Gasteiger partial charge in [0.1, 0.15) is 0 Å². The molecule has 0 aliphatic rings. The second-order valence-corrected chi connectivity index (χ2v) is 10.3. The molecule has 168 valence electrons. The van der Waals surface area contributed by atoms with Crippen molar-refractivity contribution in [3.8, 4) is 0 Å². The van der Waals surface area contributed by atoms with Crippen LogP contribution in [0, 0.1) is 12.8 Å². The molecule has 0 bridgehead atoms. The van der Waals surface area contributed by atoms with Crippen LogP contribution in [0.4, 0.5) is 5.69 Å². The molecule has 0 spiro atoms. The predicted octanol–water partition coefficient (Wildman–Crippen LogP) is 5.97. The van der Waals surface area contributed by atoms with Crippen molar-refractivity contribution in [2.45, 2.75) is 38.1 Å². The van der Waals surface area contributed by atoms with E-state index < -0.39 is 10.0 Å². The molecule has 0 saturated heterocycles. The van der Waals surface area contributed by atoms with Crippen molar-refractivity contribution in [1.29, 1.82) is 0 Å². The van der Waals surface area contributed by atoms with Gasteiger partial charge < -0.3 is 5.32 Å². The molecule has 0 fully saturated rings. The maximum Gasteiger partial charge on any atom is 0.261 e. The first-order valence-corrected chi connectivity index (χ1v) is 12.3. The molecule has 3 aromatic carbocycles. The number of hydrogen-bond acceptors (Lipinski definition) is 3. The maximum atomic E-state index is 13.1. The summed E-state index contributed by atoms with van der Waals surface area (Å²) in [6.07, 6.45) is 0.757. The monoisotopic (exact) mass is 470 g/mol. The van der Waals surface area contributed by atoms with Crippen LogP contribution in [0.3, 0.4) is 0 Å². The Balaban J connectivity index is 1.84. The summed E-state index contributed by atoms with van der Waals surface area (Å²) in [5, 5.41) is 3.30. The van der Waals surface area contributed by atoms with E-state index in [-0.39, 0.29) is 33.1 Å². The number of carbonyl (C=O) groups excluding carboxylic acids is 1. The Hall–Kier alpha value is -2.83. The number of halogens is 1. The van der Waals surface area contributed by atoms with Crippen LogP contribution in [0.2, 0.25) is 5.02 Å². The Labute approximate surface area is 194 Å². The molecule has 2 N–H and O–H groups in total. The van der Waals surface area contributed by atoms with Gasteiger partial charge in [-0.1, -0.05) is 73.5 Å². The highest BCUT2D eigenvalue weighted by Gasteiger charge is 2.20. The second kappa shape index (κ2) is 10.2. The number of hydrogen-bond donors (Lipinski definition) is 2. The molecule has 5 nitrogen and oxygen atoms in total. The van der Waals surface area contributed by atoms with Crippen LogP contribution in [0.5, 0.6) is 0 Å². The lowest BCUT2D eigenvalue weighted by atomic mass is 9.96. The van der Waals surface area contributed by atoms with Crippen molar-refractivity contribution in [1.82, 2.24) is 5.32 Å². The van der Waals surface area contributed by atoms with E-state index in [2.05, 4.69) is 23.9 Å². The smallest absolute Gasteiger partial charge is 0.261 e. The minimum absolute atomic E-state index is 0.144. The summed E-state index contributed by atoms with van der Waals surface area (Å²) in [4.78, 5) is 13.2. The summed E-state index contributed by atoms with van der Waals surface area (Å²) in [5.41, 5.74) is 2.44. The highest BCUT2D eigenvalue weighted by atomic mass is 35.5. The van der Waals surface area contributed by atoms with Crippen LogP contribution < -0.4 is 10.0 Å². The lowest BCUT2D eigenvalue weighted by Gasteiger charge is -2.22. The van der Waals surface area contributed by atoms with Crippen molar-refractivity contribution in [3.05, 3.63) is 94.5 Å². The first-order valence-electron chi connectivity index (χ1n) is 10.4. The molecule has 7 heteroatoms. The summed E-state index contributed by atoms with van der Waals surface area (Å²) in [7, 11) is -3.79. The average Bonchev–Trinajstić information content (AvgIpc) is 2.75. The van der Waals surface area contributed by atoms with Gasteiger partial charge in [-0.25, -0.2) is 8.42 Å². The molecule has 1 amide bonds. The average molecular weight is 471 g/mol. The van der Waals surface area contributed by atoms with Gasteiger partial charge in [-0.15, -0.1) is 0 Å². The number of sulfonamides is 1. The minimum atomic E-state index is -3.79. The molecule has 0 aliphatic heterocycles. The highest BCUT2D eigenvalue weighted by molar-refractivity contribution is 7.92. The number of anilines is 1. The standard InChI is InChI=1S/C25H27ClN2O3S/c1-17(2)15-24(19-7-5-4-6-8-19)27-25(29)22-16-20(11-14-23(22)26)28-32(30,31)21-12-9-18(3)10-13-21/h4-14,16-17,24,28H,15H2,1-3H3,(H,27,29)/t24-/m1/s1. The molecule has 0 radical (unpaired) electrons. The first kappa shape index (κ1) is 23.8. The van der Waals surface area contributed by atoms with E-state index in [1.165, 1.54) is 30.3 Å². The number of benzene rings is 3. The van der Waals surface area contributed by atoms with E-state index in [1.807, 2.05) is 37.3 Å². The lowest BCUT2D eigenvalue weighted by Crippen LogP contribution is -2.30. The molecule has 3 aromatic rings. The van der Waals surface area contributed by atoms with E-state index in [0.717, 1.165) is 17.5 Å². The molecule has 0 aromatic heterocycles. The van der Waals surface area contributed by atoms with Crippen molar-refractivity contribution in [2.24, 2.45) is 5.92 Å². The van der Waals surface area contributed by atoms with E-state index >= 15 is 0 Å². The van der Waals surface area contributed by atoms with Crippen LogP contribution in [-0.2, 0) is 10.0 Å². The SMILES string of the molecule is Cc1ccc(S(=O)(=O)Nc2ccc(Cl)c(C(=O)N[C@H](CC(C)C)c3ccccc3)c2)cc1. The molecule has 0 saturated carbocycles. The quantitative estimate of drug-likeness (QED) is 0.426. The Morgan fingerprint density at radius 3 is 2.25 bits per heavy atom. The summed E-state index contributed by atoms with van der Waals surface area (Å²) >= 11 is 6.29. The van der Waals surface area contributed by atoms with Crippen LogP contribution in [0.15, 0.2) is 77.7 Å². The Bertz CT molecular complexity index is 1180. The number of amides is 1. The summed E-state index contributed by atoms with van der Waals surface area (Å²) < 4.78 is 28.0. The molecule has 32 heavy (non-hydrogen) atoms. The Kier molecular flexibility index (Phi) is 7.59. The van der Waals surface area contributed by atoms with Crippen LogP contribution >= 0.6 is 11.6 Å². The van der Waals surface area contributed by atoms with Gasteiger partial charge in [-0.2, -0.15) is 0 Å². The topological polar surface area (TPSA) is 75.3 Å². The third-order valence-corrected chi connectivity index (χ3v) is 6.74.